The molecule has 2 N–H and O–H groups in total. The number of nitrogens with two attached hydrogens (primary N) is 1. The Labute approximate surface area is 84.5 Å². The summed E-state index contributed by atoms with van der Waals surface area (Å²) in [4.78, 5) is 15.2. The smallest absolute Gasteiger partial charge is 0.163 e. The van der Waals surface area contributed by atoms with Gasteiger partial charge >= 0.3 is 0 Å². The minimum Gasteiger partial charge on any atom is -0.352 e. The average Bonchev–Trinajstić information content (AvgIpc) is 2.77. The first-order valence-corrected chi connectivity index (χ1v) is 4.87. The molecule has 0 radical (unpaired) electrons. The SMILES string of the molecule is CC(=O)CCC(N=C(C)C)C1(N)CO1. The number of epoxide rings is 1. The van der Waals surface area contributed by atoms with Gasteiger partial charge in [-0.05, 0) is 27.2 Å². The Morgan fingerprint density at radius 2 is 2.14 bits per heavy atom. The molecule has 0 aromatic heterocycles. The second kappa shape index (κ2) is 4.19. The first kappa shape index (κ1) is 11.3. The summed E-state index contributed by atoms with van der Waals surface area (Å²) in [5.41, 5.74) is 6.25. The number of aliphatic imine (C=N–C) groups is 1. The van der Waals surface area contributed by atoms with Crippen LogP contribution in [0.1, 0.15) is 33.6 Å². The summed E-state index contributed by atoms with van der Waals surface area (Å²) in [7, 11) is 0. The van der Waals surface area contributed by atoms with E-state index in [4.69, 9.17) is 10.5 Å². The summed E-state index contributed by atoms with van der Waals surface area (Å²) in [6, 6.07) is -0.0728. The molecule has 1 saturated heterocycles. The molecule has 4 nitrogen and oxygen atoms in total. The quantitative estimate of drug-likeness (QED) is 0.527. The van der Waals surface area contributed by atoms with Gasteiger partial charge in [0, 0.05) is 12.1 Å². The van der Waals surface area contributed by atoms with Gasteiger partial charge in [0.1, 0.15) is 5.78 Å². The van der Waals surface area contributed by atoms with E-state index in [1.165, 1.54) is 0 Å². The fourth-order valence-corrected chi connectivity index (χ4v) is 1.35. The van der Waals surface area contributed by atoms with Crippen LogP contribution in [0, 0.1) is 0 Å². The molecule has 0 aromatic carbocycles. The molecule has 0 saturated carbocycles. The zero-order chi connectivity index (χ0) is 10.8. The molecule has 1 aliphatic heterocycles. The maximum Gasteiger partial charge on any atom is 0.163 e. The second-order valence-corrected chi connectivity index (χ2v) is 4.08. The number of rotatable bonds is 5. The fraction of sp³-hybridized carbons (Fsp3) is 0.800. The lowest BCUT2D eigenvalue weighted by Gasteiger charge is -2.16. The van der Waals surface area contributed by atoms with E-state index in [1.807, 2.05) is 13.8 Å². The molecule has 0 aliphatic carbocycles. The zero-order valence-corrected chi connectivity index (χ0v) is 9.04. The number of Topliss-reactive ketones (excluding diaryl/α,β-unsaturated/α-hetero) is 1. The number of nitrogens with zero attached hydrogens (tertiary/aromatic N) is 1. The zero-order valence-electron chi connectivity index (χ0n) is 9.04. The summed E-state index contributed by atoms with van der Waals surface area (Å²) >= 11 is 0. The highest BCUT2D eigenvalue weighted by atomic mass is 16.6. The average molecular weight is 198 g/mol. The molecule has 0 aromatic rings. The van der Waals surface area contributed by atoms with E-state index in [2.05, 4.69) is 4.99 Å². The number of carbonyl (C=O) groups excluding carboxylic acids is 1. The van der Waals surface area contributed by atoms with Crippen LogP contribution >= 0.6 is 0 Å². The maximum atomic E-state index is 10.9. The van der Waals surface area contributed by atoms with Gasteiger partial charge in [0.05, 0.1) is 12.6 Å². The van der Waals surface area contributed by atoms with E-state index in [9.17, 15) is 4.79 Å². The number of carbonyl (C=O) groups is 1. The van der Waals surface area contributed by atoms with Gasteiger partial charge < -0.3 is 9.53 Å². The van der Waals surface area contributed by atoms with Crippen LogP contribution in [-0.2, 0) is 9.53 Å². The Kier molecular flexibility index (Phi) is 3.39. The number of ketones is 1. The van der Waals surface area contributed by atoms with Crippen LogP contribution in [0.3, 0.4) is 0 Å². The third-order valence-corrected chi connectivity index (χ3v) is 2.23. The van der Waals surface area contributed by atoms with Crippen molar-refractivity contribution < 1.29 is 9.53 Å². The first-order valence-electron chi connectivity index (χ1n) is 4.87. The van der Waals surface area contributed by atoms with E-state index in [0.29, 0.717) is 19.4 Å². The summed E-state index contributed by atoms with van der Waals surface area (Å²) in [5.74, 6) is 0.170. The van der Waals surface area contributed by atoms with Crippen molar-refractivity contribution in [2.75, 3.05) is 6.61 Å². The molecule has 14 heavy (non-hydrogen) atoms. The van der Waals surface area contributed by atoms with Crippen molar-refractivity contribution >= 4 is 11.5 Å². The summed E-state index contributed by atoms with van der Waals surface area (Å²) < 4.78 is 5.15. The number of hydrogen-bond acceptors (Lipinski definition) is 4. The van der Waals surface area contributed by atoms with E-state index < -0.39 is 5.72 Å². The fourth-order valence-electron chi connectivity index (χ4n) is 1.35. The van der Waals surface area contributed by atoms with E-state index >= 15 is 0 Å². The highest BCUT2D eigenvalue weighted by molar-refractivity contribution is 5.79. The molecule has 80 valence electrons. The van der Waals surface area contributed by atoms with Crippen LogP contribution in [0.4, 0.5) is 0 Å². The summed E-state index contributed by atoms with van der Waals surface area (Å²) in [6.45, 7) is 5.97. The maximum absolute atomic E-state index is 10.9. The molecular weight excluding hydrogens is 180 g/mol. The molecule has 0 bridgehead atoms. The molecular formula is C10H18N2O2. The predicted molar refractivity (Wildman–Crippen MR) is 55.4 cm³/mol. The Morgan fingerprint density at radius 1 is 1.57 bits per heavy atom. The predicted octanol–water partition coefficient (Wildman–Crippen LogP) is 0.890. The van der Waals surface area contributed by atoms with Crippen LogP contribution < -0.4 is 5.73 Å². The topological polar surface area (TPSA) is 68.0 Å². The lowest BCUT2D eigenvalue weighted by molar-refractivity contribution is -0.117. The van der Waals surface area contributed by atoms with Crippen LogP contribution in [0.25, 0.3) is 0 Å². The lowest BCUT2D eigenvalue weighted by atomic mass is 10.0. The minimum absolute atomic E-state index is 0.0728. The van der Waals surface area contributed by atoms with Gasteiger partial charge in [-0.2, -0.15) is 0 Å². The van der Waals surface area contributed by atoms with Crippen LogP contribution in [0.2, 0.25) is 0 Å². The molecule has 2 unspecified atom stereocenters. The molecule has 1 rings (SSSR count). The van der Waals surface area contributed by atoms with Crippen LogP contribution in [0.5, 0.6) is 0 Å². The normalized spacial score (nSPS) is 26.9. The second-order valence-electron chi connectivity index (χ2n) is 4.08. The van der Waals surface area contributed by atoms with E-state index in [0.717, 1.165) is 5.71 Å². The third-order valence-electron chi connectivity index (χ3n) is 2.23. The summed E-state index contributed by atoms with van der Waals surface area (Å²) in [5, 5.41) is 0. The highest BCUT2D eigenvalue weighted by Crippen LogP contribution is 2.29. The van der Waals surface area contributed by atoms with Crippen molar-refractivity contribution in [1.29, 1.82) is 0 Å². The van der Waals surface area contributed by atoms with Gasteiger partial charge in [-0.3, -0.25) is 10.7 Å². The van der Waals surface area contributed by atoms with Gasteiger partial charge in [0.2, 0.25) is 0 Å². The molecule has 2 atom stereocenters. The minimum atomic E-state index is -0.604. The largest absolute Gasteiger partial charge is 0.352 e. The van der Waals surface area contributed by atoms with Crippen molar-refractivity contribution in [3.8, 4) is 0 Å². The Morgan fingerprint density at radius 3 is 2.50 bits per heavy atom. The van der Waals surface area contributed by atoms with E-state index in [-0.39, 0.29) is 11.8 Å². The van der Waals surface area contributed by atoms with Crippen LogP contribution in [0.15, 0.2) is 4.99 Å². The Hall–Kier alpha value is -0.740. The van der Waals surface area contributed by atoms with Gasteiger partial charge in [0.15, 0.2) is 5.72 Å². The van der Waals surface area contributed by atoms with Crippen molar-refractivity contribution in [3.05, 3.63) is 0 Å². The van der Waals surface area contributed by atoms with Gasteiger partial charge in [-0.1, -0.05) is 0 Å². The molecule has 1 fully saturated rings. The van der Waals surface area contributed by atoms with Crippen molar-refractivity contribution in [2.24, 2.45) is 10.7 Å². The molecule has 1 heterocycles. The van der Waals surface area contributed by atoms with E-state index in [1.54, 1.807) is 6.92 Å². The van der Waals surface area contributed by atoms with Crippen molar-refractivity contribution in [3.63, 3.8) is 0 Å². The highest BCUT2D eigenvalue weighted by Gasteiger charge is 2.47. The molecule has 1 aliphatic rings. The van der Waals surface area contributed by atoms with Gasteiger partial charge in [-0.25, -0.2) is 0 Å². The lowest BCUT2D eigenvalue weighted by Crippen LogP contribution is -2.38. The third kappa shape index (κ3) is 3.20. The molecule has 4 heteroatoms. The van der Waals surface area contributed by atoms with Gasteiger partial charge in [-0.15, -0.1) is 0 Å². The number of hydrogen-bond donors (Lipinski definition) is 1. The number of ether oxygens (including phenoxy) is 1. The van der Waals surface area contributed by atoms with Crippen LogP contribution in [-0.4, -0.2) is 29.9 Å². The van der Waals surface area contributed by atoms with Gasteiger partial charge in [0.25, 0.3) is 0 Å². The standard InChI is InChI=1S/C10H18N2O2/c1-7(2)12-9(5-4-8(3)13)10(11)6-14-10/h9H,4-6,11H2,1-3H3. The van der Waals surface area contributed by atoms with Crippen molar-refractivity contribution in [2.45, 2.75) is 45.4 Å². The molecule has 0 amide bonds. The monoisotopic (exact) mass is 198 g/mol. The first-order chi connectivity index (χ1) is 6.44. The summed E-state index contributed by atoms with van der Waals surface area (Å²) in [6.07, 6.45) is 1.20. The molecule has 0 spiro atoms. The Balaban J connectivity index is 2.54. The van der Waals surface area contributed by atoms with Crippen molar-refractivity contribution in [1.82, 2.24) is 0 Å². The Bertz CT molecular complexity index is 253.